The molecular weight excluding hydrogens is 302 g/mol. The number of likely N-dealkylation sites (tertiary alicyclic amines) is 1. The van der Waals surface area contributed by atoms with Gasteiger partial charge in [-0.1, -0.05) is 35.6 Å². The molecule has 0 amide bonds. The molecule has 6 nitrogen and oxygen atoms in total. The van der Waals surface area contributed by atoms with E-state index in [1.807, 2.05) is 29.1 Å². The van der Waals surface area contributed by atoms with E-state index in [4.69, 9.17) is 10.5 Å². The van der Waals surface area contributed by atoms with Crippen molar-refractivity contribution >= 4 is 6.08 Å². The average Bonchev–Trinajstić information content (AvgIpc) is 3.12. The maximum atomic E-state index is 5.60. The number of aromatic nitrogens is 3. The first-order valence-electron chi connectivity index (χ1n) is 8.43. The Bertz CT molecular complexity index is 674. The molecule has 0 spiro atoms. The van der Waals surface area contributed by atoms with Gasteiger partial charge in [0.25, 0.3) is 0 Å². The molecule has 0 radical (unpaired) electrons. The predicted octanol–water partition coefficient (Wildman–Crippen LogP) is 2.10. The number of para-hydroxylation sites is 1. The minimum absolute atomic E-state index is 0.437. The molecule has 1 fully saturated rings. The third kappa shape index (κ3) is 4.01. The summed E-state index contributed by atoms with van der Waals surface area (Å²) in [6, 6.07) is 8.51. The Kier molecular flexibility index (Phi) is 5.61. The van der Waals surface area contributed by atoms with Gasteiger partial charge in [0, 0.05) is 31.7 Å². The van der Waals surface area contributed by atoms with Gasteiger partial charge in [-0.2, -0.15) is 0 Å². The Morgan fingerprint density at radius 1 is 1.29 bits per heavy atom. The van der Waals surface area contributed by atoms with E-state index in [2.05, 4.69) is 33.4 Å². The average molecular weight is 327 g/mol. The molecule has 0 atom stereocenters. The highest BCUT2D eigenvalue weighted by Crippen LogP contribution is 2.22. The monoisotopic (exact) mass is 327 g/mol. The molecular formula is C18H25N5O. The van der Waals surface area contributed by atoms with Crippen LogP contribution in [0.1, 0.15) is 30.1 Å². The zero-order chi connectivity index (χ0) is 16.8. The first-order valence-corrected chi connectivity index (χ1v) is 8.43. The highest BCUT2D eigenvalue weighted by atomic mass is 16.5. The Balaban J connectivity index is 1.49. The molecule has 0 saturated carbocycles. The number of piperidine rings is 1. The van der Waals surface area contributed by atoms with Crippen LogP contribution in [0.15, 0.2) is 36.5 Å². The van der Waals surface area contributed by atoms with E-state index in [9.17, 15) is 0 Å². The summed E-state index contributed by atoms with van der Waals surface area (Å²) in [6.45, 7) is 3.54. The van der Waals surface area contributed by atoms with Crippen molar-refractivity contribution in [3.8, 4) is 5.75 Å². The first kappa shape index (κ1) is 16.7. The molecule has 2 aromatic rings. The lowest BCUT2D eigenvalue weighted by atomic mass is 10.1. The van der Waals surface area contributed by atoms with Crippen molar-refractivity contribution in [2.75, 3.05) is 26.7 Å². The number of rotatable bonds is 6. The van der Waals surface area contributed by atoms with Gasteiger partial charge in [0.15, 0.2) is 0 Å². The van der Waals surface area contributed by atoms with Gasteiger partial charge in [0.1, 0.15) is 5.75 Å². The van der Waals surface area contributed by atoms with Crippen LogP contribution >= 0.6 is 0 Å². The van der Waals surface area contributed by atoms with Crippen LogP contribution in [0.2, 0.25) is 0 Å². The van der Waals surface area contributed by atoms with Crippen LogP contribution < -0.4 is 10.5 Å². The quantitative estimate of drug-likeness (QED) is 0.880. The summed E-state index contributed by atoms with van der Waals surface area (Å²) >= 11 is 0. The van der Waals surface area contributed by atoms with Crippen LogP contribution in [0.3, 0.4) is 0 Å². The maximum absolute atomic E-state index is 5.60. The Morgan fingerprint density at radius 3 is 2.79 bits per heavy atom. The van der Waals surface area contributed by atoms with Crippen molar-refractivity contribution < 1.29 is 4.74 Å². The lowest BCUT2D eigenvalue weighted by Gasteiger charge is -2.30. The van der Waals surface area contributed by atoms with Crippen LogP contribution in [0.4, 0.5) is 0 Å². The molecule has 1 aromatic heterocycles. The fraction of sp³-hybridized carbons (Fsp3) is 0.444. The minimum Gasteiger partial charge on any atom is -0.496 e. The highest BCUT2D eigenvalue weighted by Gasteiger charge is 2.20. The van der Waals surface area contributed by atoms with Crippen LogP contribution in [-0.2, 0) is 6.54 Å². The van der Waals surface area contributed by atoms with E-state index in [0.717, 1.165) is 49.5 Å². The molecule has 1 aromatic carbocycles. The summed E-state index contributed by atoms with van der Waals surface area (Å²) in [7, 11) is 1.71. The molecule has 0 bridgehead atoms. The van der Waals surface area contributed by atoms with Gasteiger partial charge in [-0.25, -0.2) is 4.68 Å². The lowest BCUT2D eigenvalue weighted by Crippen LogP contribution is -2.34. The van der Waals surface area contributed by atoms with Gasteiger partial charge in [-0.05, 0) is 18.9 Å². The predicted molar refractivity (Wildman–Crippen MR) is 94.7 cm³/mol. The number of nitrogens with zero attached hydrogens (tertiary/aromatic N) is 4. The van der Waals surface area contributed by atoms with Crippen LogP contribution in [0.5, 0.6) is 5.75 Å². The molecule has 0 unspecified atom stereocenters. The fourth-order valence-electron chi connectivity index (χ4n) is 3.08. The molecule has 2 N–H and O–H groups in total. The first-order chi connectivity index (χ1) is 11.8. The summed E-state index contributed by atoms with van der Waals surface area (Å²) in [5.41, 5.74) is 7.57. The van der Waals surface area contributed by atoms with Crippen molar-refractivity contribution in [2.45, 2.75) is 25.4 Å². The number of hydrogen-bond donors (Lipinski definition) is 1. The number of benzene rings is 1. The van der Waals surface area contributed by atoms with E-state index in [0.29, 0.717) is 12.6 Å². The third-order valence-corrected chi connectivity index (χ3v) is 4.50. The molecule has 6 heteroatoms. The van der Waals surface area contributed by atoms with Crippen molar-refractivity contribution in [2.24, 2.45) is 5.73 Å². The van der Waals surface area contributed by atoms with Crippen LogP contribution in [-0.4, -0.2) is 46.6 Å². The zero-order valence-corrected chi connectivity index (χ0v) is 14.1. The number of nitrogens with two attached hydrogens (primary N) is 1. The van der Waals surface area contributed by atoms with E-state index in [1.165, 1.54) is 0 Å². The second kappa shape index (κ2) is 8.08. The van der Waals surface area contributed by atoms with E-state index >= 15 is 0 Å². The fourth-order valence-corrected chi connectivity index (χ4v) is 3.08. The maximum Gasteiger partial charge on any atom is 0.126 e. The summed E-state index contributed by atoms with van der Waals surface area (Å²) < 4.78 is 7.35. The topological polar surface area (TPSA) is 69.2 Å². The molecule has 3 rings (SSSR count). The van der Waals surface area contributed by atoms with Gasteiger partial charge in [-0.3, -0.25) is 4.90 Å². The number of hydrogen-bond acceptors (Lipinski definition) is 5. The molecule has 1 aliphatic heterocycles. The molecule has 128 valence electrons. The van der Waals surface area contributed by atoms with Crippen molar-refractivity contribution in [1.82, 2.24) is 19.9 Å². The molecule has 0 aliphatic carbocycles. The van der Waals surface area contributed by atoms with Gasteiger partial charge in [0.05, 0.1) is 25.0 Å². The van der Waals surface area contributed by atoms with Gasteiger partial charge in [0.2, 0.25) is 0 Å². The van der Waals surface area contributed by atoms with E-state index < -0.39 is 0 Å². The largest absolute Gasteiger partial charge is 0.496 e. The van der Waals surface area contributed by atoms with Crippen molar-refractivity contribution in [3.05, 3.63) is 47.8 Å². The SMILES string of the molecule is COc1ccccc1/C=C/CN1CCC(n2cc(CN)nn2)CC1. The molecule has 1 aliphatic rings. The molecule has 24 heavy (non-hydrogen) atoms. The summed E-state index contributed by atoms with van der Waals surface area (Å²) in [6.07, 6.45) is 8.50. The van der Waals surface area contributed by atoms with Crippen LogP contribution in [0, 0.1) is 0 Å². The summed E-state index contributed by atoms with van der Waals surface area (Å²) in [5.74, 6) is 0.911. The molecule has 1 saturated heterocycles. The standard InChI is InChI=1S/C18H25N5O/c1-24-18-7-3-2-5-15(18)6-4-10-22-11-8-17(9-12-22)23-14-16(13-19)20-21-23/h2-7,14,17H,8-13,19H2,1H3/b6-4+. The Labute approximate surface area is 142 Å². The van der Waals surface area contributed by atoms with Crippen LogP contribution in [0.25, 0.3) is 6.08 Å². The molecule has 2 heterocycles. The zero-order valence-electron chi connectivity index (χ0n) is 14.1. The smallest absolute Gasteiger partial charge is 0.126 e. The van der Waals surface area contributed by atoms with Crippen molar-refractivity contribution in [3.63, 3.8) is 0 Å². The second-order valence-electron chi connectivity index (χ2n) is 6.07. The third-order valence-electron chi connectivity index (χ3n) is 4.50. The van der Waals surface area contributed by atoms with Gasteiger partial charge < -0.3 is 10.5 Å². The van der Waals surface area contributed by atoms with Gasteiger partial charge >= 0.3 is 0 Å². The highest BCUT2D eigenvalue weighted by molar-refractivity contribution is 5.57. The van der Waals surface area contributed by atoms with E-state index in [1.54, 1.807) is 7.11 Å². The summed E-state index contributed by atoms with van der Waals surface area (Å²) in [5, 5.41) is 8.28. The summed E-state index contributed by atoms with van der Waals surface area (Å²) in [4.78, 5) is 2.46. The second-order valence-corrected chi connectivity index (χ2v) is 6.07. The number of ether oxygens (including phenoxy) is 1. The normalized spacial score (nSPS) is 16.8. The minimum atomic E-state index is 0.437. The van der Waals surface area contributed by atoms with E-state index in [-0.39, 0.29) is 0 Å². The number of methoxy groups -OCH3 is 1. The Morgan fingerprint density at radius 2 is 2.08 bits per heavy atom. The lowest BCUT2D eigenvalue weighted by molar-refractivity contribution is 0.194. The van der Waals surface area contributed by atoms with Gasteiger partial charge in [-0.15, -0.1) is 5.10 Å². The Hall–Kier alpha value is -2.18. The van der Waals surface area contributed by atoms with Crippen molar-refractivity contribution in [1.29, 1.82) is 0 Å².